The lowest BCUT2D eigenvalue weighted by molar-refractivity contribution is 0.0853. The Labute approximate surface area is 118 Å². The summed E-state index contributed by atoms with van der Waals surface area (Å²) in [6.07, 6.45) is 6.67. The highest BCUT2D eigenvalue weighted by Crippen LogP contribution is 2.29. The average Bonchev–Trinajstić information content (AvgIpc) is 2.52. The van der Waals surface area contributed by atoms with Gasteiger partial charge in [-0.25, -0.2) is 0 Å². The molecule has 0 N–H and O–H groups in total. The lowest BCUT2D eigenvalue weighted by Gasteiger charge is -2.23. The molecule has 1 fully saturated rings. The van der Waals surface area contributed by atoms with Crippen LogP contribution in [0.5, 0.6) is 0 Å². The molecular weight excluding hydrogens is 234 g/mol. The van der Waals surface area contributed by atoms with E-state index in [1.165, 1.54) is 24.1 Å². The summed E-state index contributed by atoms with van der Waals surface area (Å²) >= 11 is 0. The van der Waals surface area contributed by atoms with Gasteiger partial charge >= 0.3 is 0 Å². The number of aromatic nitrogens is 1. The number of ether oxygens (including phenoxy) is 1. The maximum absolute atomic E-state index is 5.43. The predicted octanol–water partition coefficient (Wildman–Crippen LogP) is 4.91. The molecule has 1 aliphatic rings. The number of hydrogen-bond donors (Lipinski definition) is 0. The molecule has 0 unspecified atom stereocenters. The fraction of sp³-hybridized carbons (Fsp3) is 0.706. The zero-order valence-electron chi connectivity index (χ0n) is 13.0. The quantitative estimate of drug-likeness (QED) is 0.770. The van der Waals surface area contributed by atoms with Crippen molar-refractivity contribution >= 4 is 0 Å². The van der Waals surface area contributed by atoms with Gasteiger partial charge in [0, 0.05) is 31.0 Å². The Bertz CT molecular complexity index is 341. The number of rotatable bonds is 4. The third kappa shape index (κ3) is 4.61. The summed E-state index contributed by atoms with van der Waals surface area (Å²) in [6.45, 7) is 10.3. The van der Waals surface area contributed by atoms with Crippen molar-refractivity contribution in [1.29, 1.82) is 0 Å². The Morgan fingerprint density at radius 3 is 2.42 bits per heavy atom. The van der Waals surface area contributed by atoms with Gasteiger partial charge in [-0.3, -0.25) is 4.98 Å². The molecule has 19 heavy (non-hydrogen) atoms. The molecule has 0 atom stereocenters. The molecule has 0 amide bonds. The van der Waals surface area contributed by atoms with E-state index in [4.69, 9.17) is 4.74 Å². The number of nitrogens with zero attached hydrogens (tertiary/aromatic N) is 1. The molecule has 0 bridgehead atoms. The third-order valence-corrected chi connectivity index (χ3v) is 3.90. The molecule has 2 heteroatoms. The SMILES string of the molecule is CC.CCC(CC)c1cc(C2CCOCC2)ccn1. The Kier molecular flexibility index (Phi) is 7.73. The Hall–Kier alpha value is -0.890. The summed E-state index contributed by atoms with van der Waals surface area (Å²) in [6, 6.07) is 4.51. The summed E-state index contributed by atoms with van der Waals surface area (Å²) in [7, 11) is 0. The lowest BCUT2D eigenvalue weighted by atomic mass is 9.89. The van der Waals surface area contributed by atoms with Crippen LogP contribution < -0.4 is 0 Å². The molecule has 2 heterocycles. The topological polar surface area (TPSA) is 22.1 Å². The van der Waals surface area contributed by atoms with Gasteiger partial charge in [-0.05, 0) is 49.3 Å². The van der Waals surface area contributed by atoms with Gasteiger partial charge in [0.05, 0.1) is 0 Å². The number of hydrogen-bond acceptors (Lipinski definition) is 2. The Morgan fingerprint density at radius 2 is 1.84 bits per heavy atom. The summed E-state index contributed by atoms with van der Waals surface area (Å²) in [4.78, 5) is 4.54. The van der Waals surface area contributed by atoms with Gasteiger partial charge in [-0.1, -0.05) is 27.7 Å². The standard InChI is InChI=1S/C15H23NO.C2H6/c1-3-12(4-2)15-11-14(5-8-16-15)13-6-9-17-10-7-13;1-2/h5,8,11-13H,3-4,6-7,9-10H2,1-2H3;1-2H3. The minimum Gasteiger partial charge on any atom is -0.381 e. The monoisotopic (exact) mass is 263 g/mol. The van der Waals surface area contributed by atoms with Crippen LogP contribution in [0.25, 0.3) is 0 Å². The smallest absolute Gasteiger partial charge is 0.0471 e. The normalized spacial score (nSPS) is 16.1. The highest BCUT2D eigenvalue weighted by molar-refractivity contribution is 5.23. The van der Waals surface area contributed by atoms with E-state index >= 15 is 0 Å². The highest BCUT2D eigenvalue weighted by atomic mass is 16.5. The first-order valence-corrected chi connectivity index (χ1v) is 7.88. The summed E-state index contributed by atoms with van der Waals surface area (Å²) < 4.78 is 5.43. The van der Waals surface area contributed by atoms with Gasteiger partial charge in [0.2, 0.25) is 0 Å². The molecule has 0 aromatic carbocycles. The molecule has 0 radical (unpaired) electrons. The summed E-state index contributed by atoms with van der Waals surface area (Å²) in [5, 5.41) is 0. The van der Waals surface area contributed by atoms with E-state index in [1.807, 2.05) is 20.0 Å². The maximum atomic E-state index is 5.43. The van der Waals surface area contributed by atoms with Gasteiger partial charge in [0.15, 0.2) is 0 Å². The van der Waals surface area contributed by atoms with Gasteiger partial charge in [0.25, 0.3) is 0 Å². The Balaban J connectivity index is 0.000000861. The molecule has 2 rings (SSSR count). The van der Waals surface area contributed by atoms with Crippen molar-refractivity contribution < 1.29 is 4.74 Å². The molecule has 1 saturated heterocycles. The van der Waals surface area contributed by atoms with Crippen LogP contribution in [0.15, 0.2) is 18.3 Å². The van der Waals surface area contributed by atoms with Crippen LogP contribution in [0.4, 0.5) is 0 Å². The van der Waals surface area contributed by atoms with Crippen LogP contribution in [0, 0.1) is 0 Å². The predicted molar refractivity (Wildman–Crippen MR) is 81.7 cm³/mol. The van der Waals surface area contributed by atoms with Crippen LogP contribution in [-0.2, 0) is 4.74 Å². The molecular formula is C17H29NO. The zero-order valence-corrected chi connectivity index (χ0v) is 13.0. The fourth-order valence-corrected chi connectivity index (χ4v) is 2.68. The van der Waals surface area contributed by atoms with Gasteiger partial charge in [-0.2, -0.15) is 0 Å². The molecule has 2 nitrogen and oxygen atoms in total. The van der Waals surface area contributed by atoms with Crippen molar-refractivity contribution in [2.75, 3.05) is 13.2 Å². The minimum absolute atomic E-state index is 0.620. The second kappa shape index (κ2) is 9.08. The van der Waals surface area contributed by atoms with Crippen molar-refractivity contribution in [3.63, 3.8) is 0 Å². The van der Waals surface area contributed by atoms with E-state index in [9.17, 15) is 0 Å². The molecule has 108 valence electrons. The fourth-order valence-electron chi connectivity index (χ4n) is 2.68. The van der Waals surface area contributed by atoms with Crippen molar-refractivity contribution in [3.8, 4) is 0 Å². The van der Waals surface area contributed by atoms with Gasteiger partial charge in [-0.15, -0.1) is 0 Å². The second-order valence-electron chi connectivity index (χ2n) is 4.91. The second-order valence-corrected chi connectivity index (χ2v) is 4.91. The average molecular weight is 263 g/mol. The lowest BCUT2D eigenvalue weighted by Crippen LogP contribution is -2.14. The highest BCUT2D eigenvalue weighted by Gasteiger charge is 2.17. The van der Waals surface area contributed by atoms with Crippen LogP contribution in [-0.4, -0.2) is 18.2 Å². The van der Waals surface area contributed by atoms with Crippen molar-refractivity contribution in [1.82, 2.24) is 4.98 Å². The van der Waals surface area contributed by atoms with E-state index < -0.39 is 0 Å². The first-order valence-electron chi connectivity index (χ1n) is 7.88. The van der Waals surface area contributed by atoms with E-state index in [0.29, 0.717) is 11.8 Å². The molecule has 0 saturated carbocycles. The van der Waals surface area contributed by atoms with E-state index in [2.05, 4.69) is 31.0 Å². The minimum atomic E-state index is 0.620. The van der Waals surface area contributed by atoms with Crippen molar-refractivity contribution in [2.24, 2.45) is 0 Å². The molecule has 1 aromatic heterocycles. The summed E-state index contributed by atoms with van der Waals surface area (Å²) in [5.74, 6) is 1.30. The maximum Gasteiger partial charge on any atom is 0.0471 e. The summed E-state index contributed by atoms with van der Waals surface area (Å²) in [5.41, 5.74) is 2.74. The third-order valence-electron chi connectivity index (χ3n) is 3.90. The van der Waals surface area contributed by atoms with Crippen LogP contribution in [0.3, 0.4) is 0 Å². The number of pyridine rings is 1. The molecule has 0 spiro atoms. The van der Waals surface area contributed by atoms with E-state index in [1.54, 1.807) is 0 Å². The largest absolute Gasteiger partial charge is 0.381 e. The molecule has 1 aromatic rings. The van der Waals surface area contributed by atoms with E-state index in [-0.39, 0.29) is 0 Å². The molecule has 1 aliphatic heterocycles. The van der Waals surface area contributed by atoms with Crippen LogP contribution in [0.2, 0.25) is 0 Å². The van der Waals surface area contributed by atoms with Gasteiger partial charge in [0.1, 0.15) is 0 Å². The zero-order chi connectivity index (χ0) is 14.1. The van der Waals surface area contributed by atoms with Crippen molar-refractivity contribution in [2.45, 2.75) is 65.2 Å². The van der Waals surface area contributed by atoms with Crippen LogP contribution >= 0.6 is 0 Å². The Morgan fingerprint density at radius 1 is 1.21 bits per heavy atom. The first-order chi connectivity index (χ1) is 9.35. The first kappa shape index (κ1) is 16.2. The van der Waals surface area contributed by atoms with E-state index in [0.717, 1.165) is 26.1 Å². The molecule has 0 aliphatic carbocycles. The van der Waals surface area contributed by atoms with Crippen LogP contribution in [0.1, 0.15) is 76.5 Å². The van der Waals surface area contributed by atoms with Crippen molar-refractivity contribution in [3.05, 3.63) is 29.6 Å². The van der Waals surface area contributed by atoms with Gasteiger partial charge < -0.3 is 4.74 Å².